The van der Waals surface area contributed by atoms with Crippen LogP contribution in [0.1, 0.15) is 0 Å². The topological polar surface area (TPSA) is 47.6 Å². The van der Waals surface area contributed by atoms with E-state index in [4.69, 9.17) is 10.5 Å². The van der Waals surface area contributed by atoms with E-state index in [2.05, 4.69) is 4.99 Å². The molecular formula is C9H10F2N2O. The molecule has 0 fully saturated rings. The average molecular weight is 200 g/mol. The Morgan fingerprint density at radius 1 is 1.50 bits per heavy atom. The van der Waals surface area contributed by atoms with Crippen molar-refractivity contribution >= 4 is 5.84 Å². The molecule has 1 rings (SSSR count). The summed E-state index contributed by atoms with van der Waals surface area (Å²) in [6.45, 7) is -0.0148. The van der Waals surface area contributed by atoms with E-state index in [9.17, 15) is 8.78 Å². The van der Waals surface area contributed by atoms with Crippen molar-refractivity contribution in [1.29, 1.82) is 0 Å². The fraction of sp³-hybridized carbons (Fsp3) is 0.222. The average Bonchev–Trinajstić information content (AvgIpc) is 2.16. The van der Waals surface area contributed by atoms with E-state index >= 15 is 0 Å². The lowest BCUT2D eigenvalue weighted by atomic mass is 10.3. The van der Waals surface area contributed by atoms with Crippen molar-refractivity contribution in [3.05, 3.63) is 29.8 Å². The molecule has 1 aromatic carbocycles. The summed E-state index contributed by atoms with van der Waals surface area (Å²) in [6.07, 6.45) is 0. The van der Waals surface area contributed by atoms with E-state index in [1.54, 1.807) is 0 Å². The van der Waals surface area contributed by atoms with Gasteiger partial charge in [-0.1, -0.05) is 0 Å². The van der Waals surface area contributed by atoms with Crippen LogP contribution < -0.4 is 10.5 Å². The molecule has 1 aromatic rings. The first-order valence-electron chi connectivity index (χ1n) is 3.92. The number of aliphatic imine (C=N–C) groups is 1. The number of hydrogen-bond acceptors (Lipinski definition) is 2. The van der Waals surface area contributed by atoms with Crippen LogP contribution in [0.2, 0.25) is 0 Å². The monoisotopic (exact) mass is 200 g/mol. The van der Waals surface area contributed by atoms with Crippen LogP contribution in [-0.2, 0) is 0 Å². The highest BCUT2D eigenvalue weighted by atomic mass is 19.1. The zero-order valence-corrected chi connectivity index (χ0v) is 7.63. The van der Waals surface area contributed by atoms with Crippen molar-refractivity contribution in [3.63, 3.8) is 0 Å². The van der Waals surface area contributed by atoms with Gasteiger partial charge in [0.25, 0.3) is 0 Å². The molecule has 0 radical (unpaired) electrons. The molecule has 0 saturated heterocycles. The quantitative estimate of drug-likeness (QED) is 0.591. The normalized spacial score (nSPS) is 11.5. The van der Waals surface area contributed by atoms with Gasteiger partial charge in [-0.05, 0) is 12.1 Å². The molecule has 0 aromatic heterocycles. The molecule has 3 nitrogen and oxygen atoms in total. The lowest BCUT2D eigenvalue weighted by Crippen LogP contribution is -2.21. The summed E-state index contributed by atoms with van der Waals surface area (Å²) in [5, 5.41) is 0. The van der Waals surface area contributed by atoms with E-state index in [0.29, 0.717) is 0 Å². The number of nitrogens with zero attached hydrogens (tertiary/aromatic N) is 1. The molecule has 5 heteroatoms. The third kappa shape index (κ3) is 2.69. The minimum absolute atomic E-state index is 0.0148. The van der Waals surface area contributed by atoms with Crippen LogP contribution in [0.25, 0.3) is 0 Å². The van der Waals surface area contributed by atoms with Crippen molar-refractivity contribution < 1.29 is 13.5 Å². The predicted molar refractivity (Wildman–Crippen MR) is 49.4 cm³/mol. The summed E-state index contributed by atoms with van der Waals surface area (Å²) in [7, 11) is 1.50. The maximum atomic E-state index is 13.0. The van der Waals surface area contributed by atoms with Gasteiger partial charge in [0.15, 0.2) is 11.6 Å². The summed E-state index contributed by atoms with van der Waals surface area (Å²) in [6, 6.07) is 3.06. The van der Waals surface area contributed by atoms with Gasteiger partial charge in [0.05, 0.1) is 0 Å². The predicted octanol–water partition coefficient (Wildman–Crippen LogP) is 1.33. The summed E-state index contributed by atoms with van der Waals surface area (Å²) in [4.78, 5) is 3.62. The second-order valence-electron chi connectivity index (χ2n) is 2.58. The number of rotatable bonds is 3. The third-order valence-corrected chi connectivity index (χ3v) is 1.56. The molecule has 0 heterocycles. The molecule has 0 saturated carbocycles. The van der Waals surface area contributed by atoms with Crippen molar-refractivity contribution in [2.24, 2.45) is 10.7 Å². The number of amidine groups is 1. The molecule has 0 unspecified atom stereocenters. The van der Waals surface area contributed by atoms with E-state index in [1.165, 1.54) is 13.1 Å². The van der Waals surface area contributed by atoms with E-state index in [0.717, 1.165) is 12.1 Å². The number of benzene rings is 1. The minimum atomic E-state index is -0.756. The number of nitrogens with two attached hydrogens (primary N) is 1. The van der Waals surface area contributed by atoms with Gasteiger partial charge in [-0.2, -0.15) is 0 Å². The fourth-order valence-electron chi connectivity index (χ4n) is 0.809. The zero-order valence-electron chi connectivity index (χ0n) is 7.63. The molecule has 0 aliphatic rings. The van der Waals surface area contributed by atoms with Gasteiger partial charge in [0.2, 0.25) is 0 Å². The van der Waals surface area contributed by atoms with Crippen LogP contribution in [0.15, 0.2) is 23.2 Å². The van der Waals surface area contributed by atoms with Crippen LogP contribution in [0.3, 0.4) is 0 Å². The molecule has 0 aliphatic heterocycles. The van der Waals surface area contributed by atoms with Crippen LogP contribution in [-0.4, -0.2) is 19.5 Å². The largest absolute Gasteiger partial charge is 0.483 e. The lowest BCUT2D eigenvalue weighted by molar-refractivity contribution is 0.350. The molecule has 76 valence electrons. The Morgan fingerprint density at radius 2 is 2.21 bits per heavy atom. The molecule has 0 aliphatic carbocycles. The minimum Gasteiger partial charge on any atom is -0.483 e. The Bertz CT molecular complexity index is 353. The molecule has 0 spiro atoms. The number of hydrogen-bond donors (Lipinski definition) is 1. The lowest BCUT2D eigenvalue weighted by Gasteiger charge is -2.05. The Hall–Kier alpha value is -1.65. The van der Waals surface area contributed by atoms with E-state index in [1.807, 2.05) is 0 Å². The molecule has 14 heavy (non-hydrogen) atoms. The van der Waals surface area contributed by atoms with E-state index in [-0.39, 0.29) is 18.2 Å². The van der Waals surface area contributed by atoms with Gasteiger partial charge in [0, 0.05) is 13.1 Å². The maximum Gasteiger partial charge on any atom is 0.167 e. The second-order valence-corrected chi connectivity index (χ2v) is 2.58. The summed E-state index contributed by atoms with van der Waals surface area (Å²) >= 11 is 0. The summed E-state index contributed by atoms with van der Waals surface area (Å²) < 4.78 is 30.4. The first kappa shape index (κ1) is 10.4. The van der Waals surface area contributed by atoms with Crippen LogP contribution in [0.5, 0.6) is 5.75 Å². The summed E-state index contributed by atoms with van der Waals surface area (Å²) in [5.41, 5.74) is 5.33. The SMILES string of the molecule is CN=C(N)COc1ccc(F)cc1F. The highest BCUT2D eigenvalue weighted by Crippen LogP contribution is 2.17. The zero-order chi connectivity index (χ0) is 10.6. The Kier molecular flexibility index (Phi) is 3.39. The maximum absolute atomic E-state index is 13.0. The van der Waals surface area contributed by atoms with Crippen molar-refractivity contribution in [2.75, 3.05) is 13.7 Å². The Labute approximate surface area is 80.2 Å². The van der Waals surface area contributed by atoms with Crippen LogP contribution in [0, 0.1) is 11.6 Å². The highest BCUT2D eigenvalue weighted by molar-refractivity contribution is 5.81. The Morgan fingerprint density at radius 3 is 2.79 bits per heavy atom. The molecule has 0 atom stereocenters. The standard InChI is InChI=1S/C9H10F2N2O/c1-13-9(12)5-14-8-3-2-6(10)4-7(8)11/h2-4H,5H2,1H3,(H2,12,13). The first-order valence-corrected chi connectivity index (χ1v) is 3.92. The summed E-state index contributed by atoms with van der Waals surface area (Å²) in [5.74, 6) is -1.20. The molecule has 0 bridgehead atoms. The van der Waals surface area contributed by atoms with E-state index < -0.39 is 11.6 Å². The molecule has 0 amide bonds. The number of halogens is 2. The van der Waals surface area contributed by atoms with Gasteiger partial charge < -0.3 is 10.5 Å². The Balaban J connectivity index is 2.68. The number of ether oxygens (including phenoxy) is 1. The van der Waals surface area contributed by atoms with Crippen molar-refractivity contribution in [1.82, 2.24) is 0 Å². The van der Waals surface area contributed by atoms with Gasteiger partial charge in [-0.3, -0.25) is 4.99 Å². The van der Waals surface area contributed by atoms with Gasteiger partial charge >= 0.3 is 0 Å². The van der Waals surface area contributed by atoms with Crippen molar-refractivity contribution in [2.45, 2.75) is 0 Å². The second kappa shape index (κ2) is 4.55. The van der Waals surface area contributed by atoms with Gasteiger partial charge in [-0.15, -0.1) is 0 Å². The first-order chi connectivity index (χ1) is 6.63. The highest BCUT2D eigenvalue weighted by Gasteiger charge is 2.04. The van der Waals surface area contributed by atoms with Crippen LogP contribution >= 0.6 is 0 Å². The van der Waals surface area contributed by atoms with Crippen LogP contribution in [0.4, 0.5) is 8.78 Å². The van der Waals surface area contributed by atoms with Crippen molar-refractivity contribution in [3.8, 4) is 5.75 Å². The third-order valence-electron chi connectivity index (χ3n) is 1.56. The molecular weight excluding hydrogens is 190 g/mol. The van der Waals surface area contributed by atoms with Gasteiger partial charge in [0.1, 0.15) is 18.3 Å². The van der Waals surface area contributed by atoms with Gasteiger partial charge in [-0.25, -0.2) is 8.78 Å². The smallest absolute Gasteiger partial charge is 0.167 e. The fourth-order valence-corrected chi connectivity index (χ4v) is 0.809. The molecule has 2 N–H and O–H groups in total.